The number of carboxylic acid groups (broad SMARTS) is 1. The van der Waals surface area contributed by atoms with Crippen molar-refractivity contribution in [2.45, 2.75) is 69.6 Å². The van der Waals surface area contributed by atoms with Gasteiger partial charge in [0.15, 0.2) is 0 Å². The lowest BCUT2D eigenvalue weighted by Gasteiger charge is -2.39. The number of benzene rings is 2. The Morgan fingerprint density at radius 3 is 2.33 bits per heavy atom. The molecule has 6 nitrogen and oxygen atoms in total. The summed E-state index contributed by atoms with van der Waals surface area (Å²) < 4.78 is 60.4. The summed E-state index contributed by atoms with van der Waals surface area (Å²) in [5, 5.41) is 16.2. The number of carbonyl (C=O) groups is 1. The van der Waals surface area contributed by atoms with E-state index in [4.69, 9.17) is 4.52 Å². The highest BCUT2D eigenvalue weighted by atomic mass is 19.4. The van der Waals surface area contributed by atoms with Crippen LogP contribution >= 0.6 is 0 Å². The van der Waals surface area contributed by atoms with Crippen LogP contribution in [0, 0.1) is 5.82 Å². The van der Waals surface area contributed by atoms with Gasteiger partial charge in [-0.25, -0.2) is 4.39 Å². The highest BCUT2D eigenvalue weighted by Gasteiger charge is 2.63. The summed E-state index contributed by atoms with van der Waals surface area (Å²) in [7, 11) is 0. The lowest BCUT2D eigenvalue weighted by Crippen LogP contribution is -2.48. The molecule has 0 spiro atoms. The molecule has 1 fully saturated rings. The van der Waals surface area contributed by atoms with Crippen LogP contribution < -0.4 is 5.32 Å². The molecular weight excluding hydrogens is 478 g/mol. The Morgan fingerprint density at radius 1 is 1.14 bits per heavy atom. The van der Waals surface area contributed by atoms with Crippen LogP contribution in [0.2, 0.25) is 0 Å². The number of carboxylic acids is 1. The molecule has 3 aromatic rings. The summed E-state index contributed by atoms with van der Waals surface area (Å²) >= 11 is 0. The van der Waals surface area contributed by atoms with Crippen molar-refractivity contribution in [3.63, 3.8) is 0 Å². The molecule has 192 valence electrons. The third kappa shape index (κ3) is 5.13. The molecule has 1 saturated carbocycles. The molecule has 2 N–H and O–H groups in total. The summed E-state index contributed by atoms with van der Waals surface area (Å²) in [5.74, 6) is -2.31. The Balaban J connectivity index is 1.45. The zero-order chi connectivity index (χ0) is 26.1. The molecule has 1 atom stereocenters. The summed E-state index contributed by atoms with van der Waals surface area (Å²) in [6.07, 6.45) is -4.43. The van der Waals surface area contributed by atoms with Gasteiger partial charge in [0.05, 0.1) is 5.56 Å². The van der Waals surface area contributed by atoms with E-state index in [2.05, 4.69) is 29.3 Å². The second kappa shape index (κ2) is 10.0. The van der Waals surface area contributed by atoms with Gasteiger partial charge in [-0.3, -0.25) is 4.79 Å². The number of hydrogen-bond donors (Lipinski definition) is 2. The van der Waals surface area contributed by atoms with E-state index in [1.165, 1.54) is 17.7 Å². The highest BCUT2D eigenvalue weighted by molar-refractivity contribution is 5.74. The van der Waals surface area contributed by atoms with E-state index in [1.807, 2.05) is 24.3 Å². The van der Waals surface area contributed by atoms with Gasteiger partial charge in [0.25, 0.3) is 0 Å². The Bertz CT molecular complexity index is 1220. The van der Waals surface area contributed by atoms with Crippen LogP contribution in [-0.4, -0.2) is 33.4 Å². The minimum absolute atomic E-state index is 0.00525. The third-order valence-corrected chi connectivity index (χ3v) is 6.80. The largest absolute Gasteiger partial charge is 0.480 e. The molecule has 1 aliphatic carbocycles. The monoisotopic (exact) mass is 505 g/mol. The molecule has 1 unspecified atom stereocenters. The van der Waals surface area contributed by atoms with Gasteiger partial charge in [0.2, 0.25) is 11.7 Å². The van der Waals surface area contributed by atoms with Crippen LogP contribution in [0.15, 0.2) is 47.0 Å². The number of rotatable bonds is 9. The first-order valence-electron chi connectivity index (χ1n) is 11.7. The number of halogens is 4. The average Bonchev–Trinajstić information content (AvgIpc) is 3.24. The minimum Gasteiger partial charge on any atom is -0.480 e. The molecule has 1 heterocycles. The van der Waals surface area contributed by atoms with E-state index < -0.39 is 35.3 Å². The van der Waals surface area contributed by atoms with Gasteiger partial charge in [0.1, 0.15) is 17.3 Å². The van der Waals surface area contributed by atoms with Crippen LogP contribution in [0.1, 0.15) is 61.6 Å². The van der Waals surface area contributed by atoms with Crippen molar-refractivity contribution in [3.8, 4) is 11.4 Å². The zero-order valence-corrected chi connectivity index (χ0v) is 19.9. The van der Waals surface area contributed by atoms with Gasteiger partial charge in [0, 0.05) is 6.54 Å². The maximum atomic E-state index is 14.9. The smallest absolute Gasteiger partial charge is 0.403 e. The van der Waals surface area contributed by atoms with E-state index in [0.717, 1.165) is 11.6 Å². The second-order valence-electron chi connectivity index (χ2n) is 9.54. The van der Waals surface area contributed by atoms with Gasteiger partial charge in [-0.1, -0.05) is 55.8 Å². The van der Waals surface area contributed by atoms with Gasteiger partial charge in [-0.05, 0) is 54.0 Å². The van der Waals surface area contributed by atoms with E-state index in [9.17, 15) is 27.5 Å². The quantitative estimate of drug-likeness (QED) is 0.359. The van der Waals surface area contributed by atoms with Gasteiger partial charge >= 0.3 is 12.1 Å². The highest BCUT2D eigenvalue weighted by Crippen LogP contribution is 2.54. The first-order chi connectivity index (χ1) is 17.0. The normalized spacial score (nSPS) is 16.1. The van der Waals surface area contributed by atoms with Crippen molar-refractivity contribution in [2.75, 3.05) is 0 Å². The second-order valence-corrected chi connectivity index (χ2v) is 9.54. The molecule has 2 aromatic carbocycles. The predicted molar refractivity (Wildman–Crippen MR) is 124 cm³/mol. The Morgan fingerprint density at radius 2 is 1.81 bits per heavy atom. The molecule has 0 radical (unpaired) electrons. The van der Waals surface area contributed by atoms with Crippen molar-refractivity contribution in [1.82, 2.24) is 15.5 Å². The number of aromatic nitrogens is 2. The summed E-state index contributed by atoms with van der Waals surface area (Å²) in [6, 6.07) is 10.9. The Kier molecular flexibility index (Phi) is 7.17. The van der Waals surface area contributed by atoms with Crippen molar-refractivity contribution in [3.05, 3.63) is 70.9 Å². The van der Waals surface area contributed by atoms with Crippen molar-refractivity contribution >= 4 is 5.97 Å². The molecule has 4 rings (SSSR count). The van der Waals surface area contributed by atoms with E-state index in [0.29, 0.717) is 24.4 Å². The SMILES string of the molecule is CC(C)c1ccc(CNC(Cc2ccc(-c3noc(C4(C(F)(F)F)CCC4)n3)c(F)c2)C(=O)O)cc1. The molecule has 0 saturated heterocycles. The van der Waals surface area contributed by atoms with Crippen molar-refractivity contribution in [1.29, 1.82) is 0 Å². The maximum absolute atomic E-state index is 14.9. The molecule has 0 aliphatic heterocycles. The third-order valence-electron chi connectivity index (χ3n) is 6.80. The molecule has 1 aromatic heterocycles. The molecule has 1 aliphatic rings. The number of aliphatic carboxylic acids is 1. The van der Waals surface area contributed by atoms with Crippen LogP contribution in [0.3, 0.4) is 0 Å². The number of alkyl halides is 3. The Labute approximate surface area is 205 Å². The molecule has 36 heavy (non-hydrogen) atoms. The molecule has 10 heteroatoms. The van der Waals surface area contributed by atoms with Crippen LogP contribution in [0.4, 0.5) is 17.6 Å². The average molecular weight is 506 g/mol. The van der Waals surface area contributed by atoms with Crippen LogP contribution in [-0.2, 0) is 23.2 Å². The maximum Gasteiger partial charge on any atom is 0.403 e. The lowest BCUT2D eigenvalue weighted by molar-refractivity contribution is -0.220. The van der Waals surface area contributed by atoms with E-state index in [-0.39, 0.29) is 30.7 Å². The van der Waals surface area contributed by atoms with Gasteiger partial charge in [-0.2, -0.15) is 18.2 Å². The first-order valence-corrected chi connectivity index (χ1v) is 11.7. The summed E-state index contributed by atoms with van der Waals surface area (Å²) in [5.41, 5.74) is 0.211. The van der Waals surface area contributed by atoms with Gasteiger partial charge < -0.3 is 14.9 Å². The molecule has 0 amide bonds. The minimum atomic E-state index is -4.53. The van der Waals surface area contributed by atoms with E-state index >= 15 is 0 Å². The van der Waals surface area contributed by atoms with Gasteiger partial charge in [-0.15, -0.1) is 0 Å². The molecule has 0 bridgehead atoms. The number of nitrogens with zero attached hydrogens (tertiary/aromatic N) is 2. The fraction of sp³-hybridized carbons (Fsp3) is 0.423. The topological polar surface area (TPSA) is 88.3 Å². The fourth-order valence-electron chi connectivity index (χ4n) is 4.29. The molecular formula is C26H27F4N3O3. The first kappa shape index (κ1) is 25.8. The number of nitrogens with one attached hydrogen (secondary N) is 1. The van der Waals surface area contributed by atoms with Crippen molar-refractivity contribution in [2.24, 2.45) is 0 Å². The van der Waals surface area contributed by atoms with Crippen LogP contribution in [0.5, 0.6) is 0 Å². The zero-order valence-electron chi connectivity index (χ0n) is 19.9. The summed E-state index contributed by atoms with van der Waals surface area (Å²) in [6.45, 7) is 4.49. The van der Waals surface area contributed by atoms with Crippen molar-refractivity contribution < 1.29 is 32.0 Å². The van der Waals surface area contributed by atoms with Crippen LogP contribution in [0.25, 0.3) is 11.4 Å². The standard InChI is InChI=1S/C26H27F4N3O3/c1-15(2)18-7-4-16(5-8-18)14-31-21(23(34)35)13-17-6-9-19(20(27)12-17)22-32-24(36-33-22)25(10-3-11-25)26(28,29)30/h4-9,12,15,21,31H,3,10-11,13-14H2,1-2H3,(H,34,35). The predicted octanol–water partition coefficient (Wildman–Crippen LogP) is 5.77. The van der Waals surface area contributed by atoms with E-state index in [1.54, 1.807) is 0 Å². The fourth-order valence-corrected chi connectivity index (χ4v) is 4.29. The number of hydrogen-bond acceptors (Lipinski definition) is 5. The Hall–Kier alpha value is -3.27. The lowest BCUT2D eigenvalue weighted by atomic mass is 9.68. The summed E-state index contributed by atoms with van der Waals surface area (Å²) in [4.78, 5) is 15.6.